The van der Waals surface area contributed by atoms with Crippen LogP contribution >= 0.6 is 0 Å². The number of ether oxygens (including phenoxy) is 3. The molecule has 1 spiro atoms. The zero-order valence-electron chi connectivity index (χ0n) is 17.9. The summed E-state index contributed by atoms with van der Waals surface area (Å²) < 4.78 is 42.2. The summed E-state index contributed by atoms with van der Waals surface area (Å²) in [4.78, 5) is 18.6. The Hall–Kier alpha value is -3.39. The summed E-state index contributed by atoms with van der Waals surface area (Å²) in [5.74, 6) is 1.25. The van der Waals surface area contributed by atoms with Crippen LogP contribution in [0.5, 0.6) is 17.2 Å². The van der Waals surface area contributed by atoms with Gasteiger partial charge in [-0.25, -0.2) is 8.42 Å². The summed E-state index contributed by atoms with van der Waals surface area (Å²) in [6, 6.07) is 14.5. The molecule has 168 valence electrons. The van der Waals surface area contributed by atoms with E-state index in [9.17, 15) is 13.2 Å². The molecule has 3 heterocycles. The minimum atomic E-state index is -3.49. The molecule has 0 bridgehead atoms. The molecule has 3 aromatic rings. The Balaban J connectivity index is 1.49. The van der Waals surface area contributed by atoms with E-state index in [1.54, 1.807) is 18.3 Å². The van der Waals surface area contributed by atoms with Gasteiger partial charge in [0.1, 0.15) is 31.0 Å². The van der Waals surface area contributed by atoms with E-state index in [0.29, 0.717) is 36.2 Å². The van der Waals surface area contributed by atoms with Crippen LogP contribution in [0.15, 0.2) is 59.6 Å². The number of nitrogens with zero attached hydrogens (tertiary/aromatic N) is 1. The van der Waals surface area contributed by atoms with Gasteiger partial charge in [0.15, 0.2) is 27.1 Å². The predicted molar refractivity (Wildman–Crippen MR) is 119 cm³/mol. The van der Waals surface area contributed by atoms with Crippen molar-refractivity contribution in [2.24, 2.45) is 0 Å². The second-order valence-corrected chi connectivity index (χ2v) is 10.6. The van der Waals surface area contributed by atoms with E-state index in [-0.39, 0.29) is 23.7 Å². The standard InChI is InChI=1S/C25H21NO6S/c1-33(28,29)23-7-4-8-26-19(23)11-16-15-5-2-3-6-17(15)25(24(16)27)14-32-20-13-22-21(12-18(20)25)30-9-10-31-22/h2-8,12-13,16H,9-11,14H2,1H3. The molecule has 1 aliphatic carbocycles. The highest BCUT2D eigenvalue weighted by Crippen LogP contribution is 2.56. The lowest BCUT2D eigenvalue weighted by molar-refractivity contribution is -0.123. The molecule has 1 aromatic heterocycles. The number of benzene rings is 2. The normalized spacial score (nSPS) is 22.7. The van der Waals surface area contributed by atoms with Gasteiger partial charge in [-0.3, -0.25) is 9.78 Å². The molecule has 0 fully saturated rings. The number of carbonyl (C=O) groups is 1. The molecule has 2 aromatic carbocycles. The van der Waals surface area contributed by atoms with Crippen LogP contribution < -0.4 is 14.2 Å². The molecule has 0 saturated heterocycles. The summed E-state index contributed by atoms with van der Waals surface area (Å²) in [5.41, 5.74) is 1.93. The van der Waals surface area contributed by atoms with Crippen LogP contribution in [0, 0.1) is 0 Å². The van der Waals surface area contributed by atoms with Gasteiger partial charge in [0, 0.05) is 30.5 Å². The van der Waals surface area contributed by atoms with Crippen LogP contribution in [0.3, 0.4) is 0 Å². The number of fused-ring (bicyclic) bond motifs is 5. The van der Waals surface area contributed by atoms with E-state index in [2.05, 4.69) is 4.98 Å². The zero-order chi connectivity index (χ0) is 22.8. The van der Waals surface area contributed by atoms with E-state index in [1.807, 2.05) is 30.3 Å². The third kappa shape index (κ3) is 2.90. The predicted octanol–water partition coefficient (Wildman–Crippen LogP) is 2.84. The molecule has 6 rings (SSSR count). The second-order valence-electron chi connectivity index (χ2n) is 8.61. The van der Waals surface area contributed by atoms with E-state index in [1.165, 1.54) is 6.07 Å². The molecule has 2 unspecified atom stereocenters. The van der Waals surface area contributed by atoms with Crippen LogP contribution in [0.2, 0.25) is 0 Å². The fraction of sp³-hybridized carbons (Fsp3) is 0.280. The van der Waals surface area contributed by atoms with Crippen molar-refractivity contribution < 1.29 is 27.4 Å². The fourth-order valence-electron chi connectivity index (χ4n) is 5.28. The Bertz CT molecular complexity index is 1420. The number of carbonyl (C=O) groups excluding carboxylic acids is 1. The smallest absolute Gasteiger partial charge is 0.177 e. The molecule has 2 aliphatic heterocycles. The van der Waals surface area contributed by atoms with Crippen LogP contribution in [0.25, 0.3) is 0 Å². The third-order valence-corrected chi connectivity index (χ3v) is 7.90. The number of rotatable bonds is 3. The maximum absolute atomic E-state index is 14.2. The first kappa shape index (κ1) is 20.2. The van der Waals surface area contributed by atoms with Crippen molar-refractivity contribution in [1.29, 1.82) is 0 Å². The number of sulfone groups is 1. The van der Waals surface area contributed by atoms with Crippen molar-refractivity contribution in [1.82, 2.24) is 4.98 Å². The topological polar surface area (TPSA) is 91.8 Å². The molecule has 8 heteroatoms. The monoisotopic (exact) mass is 463 g/mol. The van der Waals surface area contributed by atoms with Crippen molar-refractivity contribution in [3.63, 3.8) is 0 Å². The van der Waals surface area contributed by atoms with Crippen LogP contribution in [-0.2, 0) is 26.5 Å². The maximum atomic E-state index is 14.2. The molecule has 3 aliphatic rings. The van der Waals surface area contributed by atoms with Crippen molar-refractivity contribution in [2.75, 3.05) is 26.1 Å². The van der Waals surface area contributed by atoms with Gasteiger partial charge < -0.3 is 14.2 Å². The second kappa shape index (κ2) is 7.05. The first-order valence-corrected chi connectivity index (χ1v) is 12.6. The molecule has 7 nitrogen and oxygen atoms in total. The molecular weight excluding hydrogens is 442 g/mol. The number of hydrogen-bond acceptors (Lipinski definition) is 7. The average molecular weight is 464 g/mol. The lowest BCUT2D eigenvalue weighted by atomic mass is 9.75. The van der Waals surface area contributed by atoms with E-state index < -0.39 is 21.2 Å². The van der Waals surface area contributed by atoms with E-state index in [4.69, 9.17) is 14.2 Å². The summed E-state index contributed by atoms with van der Waals surface area (Å²) in [7, 11) is -3.49. The highest BCUT2D eigenvalue weighted by molar-refractivity contribution is 7.90. The van der Waals surface area contributed by atoms with Gasteiger partial charge in [-0.1, -0.05) is 24.3 Å². The van der Waals surface area contributed by atoms with Crippen molar-refractivity contribution in [2.45, 2.75) is 22.6 Å². The van der Waals surface area contributed by atoms with Crippen LogP contribution in [0.1, 0.15) is 28.3 Å². The summed E-state index contributed by atoms with van der Waals surface area (Å²) >= 11 is 0. The number of ketones is 1. The molecule has 2 atom stereocenters. The lowest BCUT2D eigenvalue weighted by Crippen LogP contribution is -2.36. The molecule has 0 radical (unpaired) electrons. The van der Waals surface area contributed by atoms with Crippen molar-refractivity contribution in [3.8, 4) is 17.2 Å². The number of Topliss-reactive ketones (excluding diaryl/α,β-unsaturated/α-hetero) is 1. The first-order chi connectivity index (χ1) is 15.9. The van der Waals surface area contributed by atoms with Gasteiger partial charge in [0.2, 0.25) is 0 Å². The van der Waals surface area contributed by atoms with Crippen molar-refractivity contribution >= 4 is 15.6 Å². The third-order valence-electron chi connectivity index (χ3n) is 6.73. The first-order valence-electron chi connectivity index (χ1n) is 10.7. The van der Waals surface area contributed by atoms with Gasteiger partial charge in [0.05, 0.1) is 16.5 Å². The van der Waals surface area contributed by atoms with Crippen LogP contribution in [-0.4, -0.2) is 45.3 Å². The zero-order valence-corrected chi connectivity index (χ0v) is 18.7. The number of hydrogen-bond donors (Lipinski definition) is 0. The minimum absolute atomic E-state index is 0.0239. The van der Waals surface area contributed by atoms with Crippen molar-refractivity contribution in [3.05, 3.63) is 77.1 Å². The van der Waals surface area contributed by atoms with E-state index >= 15 is 0 Å². The van der Waals surface area contributed by atoms with Gasteiger partial charge in [-0.2, -0.15) is 0 Å². The van der Waals surface area contributed by atoms with Gasteiger partial charge >= 0.3 is 0 Å². The summed E-state index contributed by atoms with van der Waals surface area (Å²) in [6.45, 7) is 1.09. The van der Waals surface area contributed by atoms with E-state index in [0.717, 1.165) is 22.9 Å². The Labute approximate surface area is 191 Å². The molecule has 0 amide bonds. The Morgan fingerprint density at radius 1 is 0.970 bits per heavy atom. The number of pyridine rings is 1. The molecular formula is C25H21NO6S. The fourth-order valence-corrected chi connectivity index (χ4v) is 6.17. The quantitative estimate of drug-likeness (QED) is 0.590. The largest absolute Gasteiger partial charge is 0.491 e. The molecule has 0 saturated carbocycles. The van der Waals surface area contributed by atoms with Gasteiger partial charge in [-0.15, -0.1) is 0 Å². The summed E-state index contributed by atoms with van der Waals surface area (Å²) in [6.07, 6.45) is 2.91. The Morgan fingerprint density at radius 2 is 1.73 bits per heavy atom. The van der Waals surface area contributed by atoms with Gasteiger partial charge in [-0.05, 0) is 29.3 Å². The van der Waals surface area contributed by atoms with Gasteiger partial charge in [0.25, 0.3) is 0 Å². The SMILES string of the molecule is CS(=O)(=O)c1cccnc1CC1C(=O)C2(COc3cc4c(cc32)OCCO4)c2ccccc21. The molecule has 0 N–H and O–H groups in total. The average Bonchev–Trinajstić information content (AvgIpc) is 3.29. The highest BCUT2D eigenvalue weighted by atomic mass is 32.2. The molecule has 33 heavy (non-hydrogen) atoms. The van der Waals surface area contributed by atoms with Crippen LogP contribution in [0.4, 0.5) is 0 Å². The highest BCUT2D eigenvalue weighted by Gasteiger charge is 2.57. The maximum Gasteiger partial charge on any atom is 0.177 e. The minimum Gasteiger partial charge on any atom is -0.491 e. The Morgan fingerprint density at radius 3 is 2.52 bits per heavy atom. The number of aromatic nitrogens is 1. The summed E-state index contributed by atoms with van der Waals surface area (Å²) in [5, 5.41) is 0. The Kier molecular flexibility index (Phi) is 4.32. The lowest BCUT2D eigenvalue weighted by Gasteiger charge is -2.24.